The average molecular weight is 295 g/mol. The molecule has 1 saturated heterocycles. The van der Waals surface area contributed by atoms with Gasteiger partial charge in [-0.05, 0) is 75.9 Å². The van der Waals surface area contributed by atoms with Crippen molar-refractivity contribution in [2.45, 2.75) is 64.3 Å². The van der Waals surface area contributed by atoms with Crippen LogP contribution < -0.4 is 11.5 Å². The number of amides is 1. The molecular formula is C17H33N3O. The Morgan fingerprint density at radius 3 is 2.67 bits per heavy atom. The van der Waals surface area contributed by atoms with E-state index in [4.69, 9.17) is 11.5 Å². The van der Waals surface area contributed by atoms with Gasteiger partial charge in [-0.3, -0.25) is 4.79 Å². The molecule has 0 bridgehead atoms. The predicted molar refractivity (Wildman–Crippen MR) is 86.7 cm³/mol. The smallest absolute Gasteiger partial charge is 0.237 e. The Bertz CT molecular complexity index is 358. The molecule has 1 amide bonds. The highest BCUT2D eigenvalue weighted by atomic mass is 16.1. The molecule has 3 unspecified atom stereocenters. The zero-order chi connectivity index (χ0) is 15.5. The Morgan fingerprint density at radius 1 is 1.24 bits per heavy atom. The van der Waals surface area contributed by atoms with Gasteiger partial charge in [0.1, 0.15) is 0 Å². The number of carbonyl (C=O) groups is 1. The second-order valence-electron chi connectivity index (χ2n) is 7.56. The molecule has 0 radical (unpaired) electrons. The summed E-state index contributed by atoms with van der Waals surface area (Å²) in [7, 11) is 0. The summed E-state index contributed by atoms with van der Waals surface area (Å²) in [6.45, 7) is 8.15. The van der Waals surface area contributed by atoms with E-state index < -0.39 is 5.54 Å². The molecule has 4 heteroatoms. The van der Waals surface area contributed by atoms with Gasteiger partial charge in [0.15, 0.2) is 0 Å². The Labute approximate surface area is 129 Å². The first-order valence-corrected chi connectivity index (χ1v) is 8.74. The summed E-state index contributed by atoms with van der Waals surface area (Å²) in [6.07, 6.45) is 7.86. The summed E-state index contributed by atoms with van der Waals surface area (Å²) in [5.74, 6) is 1.65. The van der Waals surface area contributed by atoms with Gasteiger partial charge in [-0.1, -0.05) is 20.3 Å². The van der Waals surface area contributed by atoms with Crippen molar-refractivity contribution in [2.75, 3.05) is 19.6 Å². The molecule has 4 nitrogen and oxygen atoms in total. The van der Waals surface area contributed by atoms with Gasteiger partial charge in [-0.25, -0.2) is 0 Å². The van der Waals surface area contributed by atoms with Gasteiger partial charge >= 0.3 is 0 Å². The lowest BCUT2D eigenvalue weighted by atomic mass is 9.85. The zero-order valence-corrected chi connectivity index (χ0v) is 13.8. The molecule has 0 aromatic heterocycles. The van der Waals surface area contributed by atoms with E-state index in [0.29, 0.717) is 0 Å². The average Bonchev–Trinajstić information content (AvgIpc) is 2.67. The number of nitrogens with two attached hydrogens (primary N) is 2. The molecule has 2 fully saturated rings. The van der Waals surface area contributed by atoms with Gasteiger partial charge in [0.25, 0.3) is 0 Å². The topological polar surface area (TPSA) is 72.3 Å². The highest BCUT2D eigenvalue weighted by Gasteiger charge is 2.44. The molecule has 0 aromatic carbocycles. The highest BCUT2D eigenvalue weighted by molar-refractivity contribution is 5.85. The maximum absolute atomic E-state index is 11.6. The first-order valence-electron chi connectivity index (χ1n) is 8.74. The lowest BCUT2D eigenvalue weighted by molar-refractivity contribution is -0.124. The number of primary amides is 1. The van der Waals surface area contributed by atoms with Crippen molar-refractivity contribution in [1.82, 2.24) is 4.90 Å². The molecule has 2 aliphatic rings. The van der Waals surface area contributed by atoms with Crippen molar-refractivity contribution in [3.8, 4) is 0 Å². The molecular weight excluding hydrogens is 262 g/mol. The van der Waals surface area contributed by atoms with Crippen molar-refractivity contribution in [3.05, 3.63) is 0 Å². The molecule has 3 atom stereocenters. The van der Waals surface area contributed by atoms with Crippen LogP contribution >= 0.6 is 0 Å². The van der Waals surface area contributed by atoms with Gasteiger partial charge in [-0.2, -0.15) is 0 Å². The lowest BCUT2D eigenvalue weighted by Crippen LogP contribution is -2.55. The molecule has 4 N–H and O–H groups in total. The lowest BCUT2D eigenvalue weighted by Gasteiger charge is -2.30. The summed E-state index contributed by atoms with van der Waals surface area (Å²) in [6, 6.07) is 0. The standard InChI is InChI=1S/C17H33N3O/c1-13(2)14-5-4-10-20(11-7-14)12-8-15-6-3-9-17(15,19)16(18)21/h13-15H,3-12,19H2,1-2H3,(H2,18,21). The largest absolute Gasteiger partial charge is 0.368 e. The highest BCUT2D eigenvalue weighted by Crippen LogP contribution is 2.36. The van der Waals surface area contributed by atoms with Gasteiger partial charge in [-0.15, -0.1) is 0 Å². The summed E-state index contributed by atoms with van der Waals surface area (Å²) < 4.78 is 0. The van der Waals surface area contributed by atoms with E-state index in [2.05, 4.69) is 18.7 Å². The van der Waals surface area contributed by atoms with Gasteiger partial charge in [0.05, 0.1) is 5.54 Å². The maximum atomic E-state index is 11.6. The SMILES string of the molecule is CC(C)C1CCCN(CCC2CCCC2(N)C(N)=O)CC1. The Hall–Kier alpha value is -0.610. The molecule has 1 aliphatic heterocycles. The quantitative estimate of drug-likeness (QED) is 0.816. The minimum Gasteiger partial charge on any atom is -0.368 e. The van der Waals surface area contributed by atoms with E-state index >= 15 is 0 Å². The van der Waals surface area contributed by atoms with Crippen LogP contribution in [0.5, 0.6) is 0 Å². The second-order valence-corrected chi connectivity index (χ2v) is 7.56. The van der Waals surface area contributed by atoms with E-state index in [1.54, 1.807) is 0 Å². The fourth-order valence-corrected chi connectivity index (χ4v) is 4.24. The van der Waals surface area contributed by atoms with E-state index in [-0.39, 0.29) is 11.8 Å². The number of hydrogen-bond acceptors (Lipinski definition) is 3. The molecule has 0 spiro atoms. The molecule has 1 aliphatic carbocycles. The molecule has 1 heterocycles. The minimum atomic E-state index is -0.744. The second kappa shape index (κ2) is 7.10. The summed E-state index contributed by atoms with van der Waals surface area (Å²) in [4.78, 5) is 14.2. The third-order valence-electron chi connectivity index (χ3n) is 5.93. The van der Waals surface area contributed by atoms with Crippen molar-refractivity contribution in [2.24, 2.45) is 29.2 Å². The molecule has 122 valence electrons. The van der Waals surface area contributed by atoms with Gasteiger partial charge in [0.2, 0.25) is 5.91 Å². The molecule has 21 heavy (non-hydrogen) atoms. The van der Waals surface area contributed by atoms with Crippen LogP contribution in [0.3, 0.4) is 0 Å². The van der Waals surface area contributed by atoms with E-state index in [1.807, 2.05) is 0 Å². The van der Waals surface area contributed by atoms with Crippen LogP contribution in [0.25, 0.3) is 0 Å². The predicted octanol–water partition coefficient (Wildman–Crippen LogP) is 2.12. The zero-order valence-electron chi connectivity index (χ0n) is 13.8. The number of rotatable bonds is 5. The minimum absolute atomic E-state index is 0.277. The maximum Gasteiger partial charge on any atom is 0.237 e. The third-order valence-corrected chi connectivity index (χ3v) is 5.93. The molecule has 2 rings (SSSR count). The van der Waals surface area contributed by atoms with Crippen molar-refractivity contribution < 1.29 is 4.79 Å². The van der Waals surface area contributed by atoms with E-state index in [1.165, 1.54) is 32.4 Å². The Morgan fingerprint density at radius 2 is 2.00 bits per heavy atom. The fraction of sp³-hybridized carbons (Fsp3) is 0.941. The summed E-state index contributed by atoms with van der Waals surface area (Å²) >= 11 is 0. The van der Waals surface area contributed by atoms with Crippen LogP contribution in [0.1, 0.15) is 58.8 Å². The summed E-state index contributed by atoms with van der Waals surface area (Å²) in [5, 5.41) is 0. The normalized spacial score (nSPS) is 35.0. The van der Waals surface area contributed by atoms with Crippen molar-refractivity contribution in [1.29, 1.82) is 0 Å². The first-order chi connectivity index (χ1) is 9.93. The number of carbonyl (C=O) groups excluding carboxylic acids is 1. The monoisotopic (exact) mass is 295 g/mol. The van der Waals surface area contributed by atoms with Crippen LogP contribution in [0.4, 0.5) is 0 Å². The van der Waals surface area contributed by atoms with Crippen LogP contribution in [-0.2, 0) is 4.79 Å². The van der Waals surface area contributed by atoms with Gasteiger partial charge in [0, 0.05) is 0 Å². The van der Waals surface area contributed by atoms with E-state index in [9.17, 15) is 4.79 Å². The Balaban J connectivity index is 1.82. The number of likely N-dealkylation sites (tertiary alicyclic amines) is 1. The fourth-order valence-electron chi connectivity index (χ4n) is 4.24. The van der Waals surface area contributed by atoms with E-state index in [0.717, 1.165) is 44.1 Å². The van der Waals surface area contributed by atoms with Crippen LogP contribution in [-0.4, -0.2) is 36.0 Å². The van der Waals surface area contributed by atoms with Gasteiger partial charge < -0.3 is 16.4 Å². The van der Waals surface area contributed by atoms with Crippen molar-refractivity contribution >= 4 is 5.91 Å². The number of nitrogens with zero attached hydrogens (tertiary/aromatic N) is 1. The van der Waals surface area contributed by atoms with Crippen molar-refractivity contribution in [3.63, 3.8) is 0 Å². The first kappa shape index (κ1) is 16.8. The molecule has 0 aromatic rings. The van der Waals surface area contributed by atoms with Crippen LogP contribution in [0.15, 0.2) is 0 Å². The van der Waals surface area contributed by atoms with Crippen LogP contribution in [0.2, 0.25) is 0 Å². The third kappa shape index (κ3) is 3.98. The molecule has 1 saturated carbocycles. The van der Waals surface area contributed by atoms with Crippen LogP contribution in [0, 0.1) is 17.8 Å². The number of hydrogen-bond donors (Lipinski definition) is 2. The summed E-state index contributed by atoms with van der Waals surface area (Å²) in [5.41, 5.74) is 11.0. The Kier molecular flexibility index (Phi) is 5.67.